The summed E-state index contributed by atoms with van der Waals surface area (Å²) in [6, 6.07) is 4.38. The molecule has 3 aliphatic rings. The lowest BCUT2D eigenvalue weighted by Gasteiger charge is -2.20. The summed E-state index contributed by atoms with van der Waals surface area (Å²) in [5, 5.41) is 11.0. The van der Waals surface area contributed by atoms with Crippen LogP contribution in [0.15, 0.2) is 30.4 Å². The molecule has 1 aromatic carbocycles. The molecule has 0 spiro atoms. The Kier molecular flexibility index (Phi) is 2.58. The van der Waals surface area contributed by atoms with Crippen molar-refractivity contribution in [3.63, 3.8) is 0 Å². The van der Waals surface area contributed by atoms with Crippen LogP contribution in [0.2, 0.25) is 0 Å². The first kappa shape index (κ1) is 13.2. The average molecular weight is 296 g/mol. The summed E-state index contributed by atoms with van der Waals surface area (Å²) in [5.41, 5.74) is 1.04. The molecule has 0 unspecified atom stereocenters. The van der Waals surface area contributed by atoms with Gasteiger partial charge < -0.3 is 9.90 Å². The number of allylic oxidation sites excluding steroid dienone is 2. The number of hydrogen-bond donors (Lipinski definition) is 0. The Morgan fingerprint density at radius 2 is 1.73 bits per heavy atom. The lowest BCUT2D eigenvalue weighted by molar-refractivity contribution is -0.255. The van der Waals surface area contributed by atoms with Gasteiger partial charge in [0.2, 0.25) is 11.8 Å². The van der Waals surface area contributed by atoms with Gasteiger partial charge in [0.05, 0.1) is 23.5 Å². The molecule has 4 rings (SSSR count). The zero-order valence-corrected chi connectivity index (χ0v) is 12.0. The third kappa shape index (κ3) is 1.56. The largest absolute Gasteiger partial charge is 0.545 e. The molecule has 112 valence electrons. The Balaban J connectivity index is 1.79. The highest BCUT2D eigenvalue weighted by Gasteiger charge is 2.59. The van der Waals surface area contributed by atoms with Crippen LogP contribution in [0.3, 0.4) is 0 Å². The summed E-state index contributed by atoms with van der Waals surface area (Å²) in [4.78, 5) is 37.7. The number of hydrogen-bond acceptors (Lipinski definition) is 4. The van der Waals surface area contributed by atoms with E-state index in [-0.39, 0.29) is 41.0 Å². The molecule has 0 N–H and O–H groups in total. The van der Waals surface area contributed by atoms with Crippen LogP contribution in [-0.2, 0) is 9.59 Å². The molecule has 2 fully saturated rings. The third-order valence-corrected chi connectivity index (χ3v) is 5.16. The molecule has 1 heterocycles. The summed E-state index contributed by atoms with van der Waals surface area (Å²) in [6.45, 7) is 1.76. The van der Waals surface area contributed by atoms with E-state index in [1.54, 1.807) is 13.0 Å². The van der Waals surface area contributed by atoms with E-state index >= 15 is 0 Å². The van der Waals surface area contributed by atoms with Gasteiger partial charge in [-0.25, -0.2) is 4.90 Å². The number of benzene rings is 1. The molecule has 2 aliphatic carbocycles. The molecule has 1 saturated carbocycles. The number of carbonyl (C=O) groups is 3. The number of carboxylic acids is 1. The van der Waals surface area contributed by atoms with Crippen molar-refractivity contribution in [3.05, 3.63) is 41.5 Å². The van der Waals surface area contributed by atoms with Crippen LogP contribution >= 0.6 is 0 Å². The van der Waals surface area contributed by atoms with Crippen molar-refractivity contribution >= 4 is 23.5 Å². The standard InChI is InChI=1S/C17H15NO4/c1-8-2-3-11(17(21)22)7-12(8)18-15(19)13-9-4-5-10(6-9)14(13)16(18)20/h2-5,7,9-10,13-14H,6H2,1H3,(H,21,22)/p-1/t9-,10+,13-,14+. The molecule has 1 aromatic rings. The summed E-state index contributed by atoms with van der Waals surface area (Å²) < 4.78 is 0. The zero-order valence-electron chi connectivity index (χ0n) is 12.0. The van der Waals surface area contributed by atoms with Crippen LogP contribution in [0.1, 0.15) is 22.3 Å². The summed E-state index contributed by atoms with van der Waals surface area (Å²) >= 11 is 0. The van der Waals surface area contributed by atoms with Crippen molar-refractivity contribution < 1.29 is 19.5 Å². The molecule has 5 nitrogen and oxygen atoms in total. The van der Waals surface area contributed by atoms with Crippen LogP contribution < -0.4 is 10.0 Å². The maximum Gasteiger partial charge on any atom is 0.238 e. The number of aromatic carboxylic acids is 1. The van der Waals surface area contributed by atoms with Crippen LogP contribution in [0, 0.1) is 30.6 Å². The quantitative estimate of drug-likeness (QED) is 0.593. The Labute approximate surface area is 127 Å². The molecule has 4 atom stereocenters. The molecule has 1 aliphatic heterocycles. The van der Waals surface area contributed by atoms with E-state index in [1.165, 1.54) is 17.0 Å². The molecule has 0 aromatic heterocycles. The monoisotopic (exact) mass is 296 g/mol. The molecule has 2 bridgehead atoms. The van der Waals surface area contributed by atoms with Crippen molar-refractivity contribution in [3.8, 4) is 0 Å². The first-order valence-corrected chi connectivity index (χ1v) is 7.37. The molecule has 1 saturated heterocycles. The number of aryl methyl sites for hydroxylation is 1. The predicted molar refractivity (Wildman–Crippen MR) is 75.7 cm³/mol. The van der Waals surface area contributed by atoms with E-state index in [1.807, 2.05) is 12.2 Å². The Bertz CT molecular complexity index is 721. The van der Waals surface area contributed by atoms with Crippen molar-refractivity contribution in [2.24, 2.45) is 23.7 Å². The second-order valence-electron chi connectivity index (χ2n) is 6.30. The van der Waals surface area contributed by atoms with E-state index in [0.29, 0.717) is 11.3 Å². The fourth-order valence-corrected chi connectivity index (χ4v) is 4.12. The highest BCUT2D eigenvalue weighted by molar-refractivity contribution is 6.23. The minimum atomic E-state index is -1.32. The van der Waals surface area contributed by atoms with E-state index in [0.717, 1.165) is 6.42 Å². The van der Waals surface area contributed by atoms with Gasteiger partial charge in [0, 0.05) is 0 Å². The summed E-state index contributed by atoms with van der Waals surface area (Å²) in [6.07, 6.45) is 4.94. The lowest BCUT2D eigenvalue weighted by atomic mass is 9.85. The zero-order chi connectivity index (χ0) is 15.6. The van der Waals surface area contributed by atoms with E-state index in [2.05, 4.69) is 0 Å². The fraction of sp³-hybridized carbons (Fsp3) is 0.353. The smallest absolute Gasteiger partial charge is 0.238 e. The van der Waals surface area contributed by atoms with Crippen molar-refractivity contribution in [2.75, 3.05) is 4.90 Å². The Morgan fingerprint density at radius 1 is 1.14 bits per heavy atom. The number of rotatable bonds is 2. The highest BCUT2D eigenvalue weighted by Crippen LogP contribution is 2.53. The van der Waals surface area contributed by atoms with Crippen molar-refractivity contribution in [1.82, 2.24) is 0 Å². The number of imide groups is 1. The van der Waals surface area contributed by atoms with Gasteiger partial charge in [-0.3, -0.25) is 9.59 Å². The SMILES string of the molecule is Cc1ccc(C(=O)[O-])cc1N1C(=O)[C@@H]2[C@H](C1=O)[C@@H]1C=C[C@H]2C1. The Morgan fingerprint density at radius 3 is 2.27 bits per heavy atom. The first-order chi connectivity index (χ1) is 10.5. The van der Waals surface area contributed by atoms with Crippen molar-refractivity contribution in [1.29, 1.82) is 0 Å². The van der Waals surface area contributed by atoms with Crippen LogP contribution in [-0.4, -0.2) is 17.8 Å². The van der Waals surface area contributed by atoms with Crippen LogP contribution in [0.5, 0.6) is 0 Å². The molecule has 2 amide bonds. The maximum absolute atomic E-state index is 12.7. The lowest BCUT2D eigenvalue weighted by Crippen LogP contribution is -2.34. The fourth-order valence-electron chi connectivity index (χ4n) is 4.12. The molecule has 5 heteroatoms. The molecule has 22 heavy (non-hydrogen) atoms. The van der Waals surface area contributed by atoms with Gasteiger partial charge in [-0.15, -0.1) is 0 Å². The number of carbonyl (C=O) groups excluding carboxylic acids is 3. The normalized spacial score (nSPS) is 32.0. The summed E-state index contributed by atoms with van der Waals surface area (Å²) in [7, 11) is 0. The van der Waals surface area contributed by atoms with Crippen LogP contribution in [0.25, 0.3) is 0 Å². The molecular formula is C17H14NO4-. The van der Waals surface area contributed by atoms with Gasteiger partial charge in [-0.2, -0.15) is 0 Å². The van der Waals surface area contributed by atoms with Gasteiger partial charge >= 0.3 is 0 Å². The number of fused-ring (bicyclic) bond motifs is 5. The molecule has 0 radical (unpaired) electrons. The number of amides is 2. The number of nitrogens with zero attached hydrogens (tertiary/aromatic N) is 1. The minimum Gasteiger partial charge on any atom is -0.545 e. The van der Waals surface area contributed by atoms with Gasteiger partial charge in [0.15, 0.2) is 0 Å². The average Bonchev–Trinajstić information content (AvgIpc) is 3.14. The van der Waals surface area contributed by atoms with Gasteiger partial charge in [0.1, 0.15) is 0 Å². The number of anilines is 1. The first-order valence-electron chi connectivity index (χ1n) is 7.37. The van der Waals surface area contributed by atoms with Gasteiger partial charge in [-0.1, -0.05) is 24.3 Å². The predicted octanol–water partition coefficient (Wildman–Crippen LogP) is 0.670. The van der Waals surface area contributed by atoms with Gasteiger partial charge in [0.25, 0.3) is 0 Å². The molecular weight excluding hydrogens is 282 g/mol. The van der Waals surface area contributed by atoms with E-state index in [9.17, 15) is 19.5 Å². The summed E-state index contributed by atoms with van der Waals surface area (Å²) in [5.74, 6) is -2.01. The second-order valence-corrected chi connectivity index (χ2v) is 6.30. The minimum absolute atomic E-state index is 0.0284. The van der Waals surface area contributed by atoms with E-state index < -0.39 is 5.97 Å². The van der Waals surface area contributed by atoms with Crippen LogP contribution in [0.4, 0.5) is 5.69 Å². The second kappa shape index (κ2) is 4.29. The topological polar surface area (TPSA) is 77.5 Å². The van der Waals surface area contributed by atoms with Gasteiger partial charge in [-0.05, 0) is 42.4 Å². The highest BCUT2D eigenvalue weighted by atomic mass is 16.4. The van der Waals surface area contributed by atoms with E-state index in [4.69, 9.17) is 0 Å². The maximum atomic E-state index is 12.7. The Hall–Kier alpha value is -2.43. The van der Waals surface area contributed by atoms with Crippen molar-refractivity contribution in [2.45, 2.75) is 13.3 Å². The third-order valence-electron chi connectivity index (χ3n) is 5.16. The number of carboxylic acid groups (broad SMARTS) is 1.